The van der Waals surface area contributed by atoms with E-state index in [1.165, 1.54) is 0 Å². The van der Waals surface area contributed by atoms with E-state index in [9.17, 15) is 4.79 Å². The third kappa shape index (κ3) is 1.55. The SMILES string of the molecule is O=C(C1CC1)N1CC[C]CC1. The lowest BCUT2D eigenvalue weighted by atomic mass is 10.1. The van der Waals surface area contributed by atoms with Gasteiger partial charge in [-0.1, -0.05) is 0 Å². The zero-order valence-corrected chi connectivity index (χ0v) is 6.68. The van der Waals surface area contributed by atoms with Crippen LogP contribution in [0, 0.1) is 12.3 Å². The van der Waals surface area contributed by atoms with Crippen LogP contribution in [0.4, 0.5) is 0 Å². The summed E-state index contributed by atoms with van der Waals surface area (Å²) in [5.41, 5.74) is 0. The zero-order chi connectivity index (χ0) is 7.68. The molecule has 0 aromatic rings. The molecule has 0 unspecified atom stereocenters. The molecule has 1 amide bonds. The van der Waals surface area contributed by atoms with Gasteiger partial charge in [-0.25, -0.2) is 0 Å². The molecule has 0 aromatic carbocycles. The molecule has 0 aromatic heterocycles. The molecule has 11 heavy (non-hydrogen) atoms. The molecule has 2 nitrogen and oxygen atoms in total. The predicted octanol–water partition coefficient (Wildman–Crippen LogP) is 1.10. The predicted molar refractivity (Wildman–Crippen MR) is 41.8 cm³/mol. The van der Waals surface area contributed by atoms with Gasteiger partial charge in [-0.15, -0.1) is 0 Å². The van der Waals surface area contributed by atoms with Crippen molar-refractivity contribution in [2.75, 3.05) is 13.1 Å². The number of hydrogen-bond acceptors (Lipinski definition) is 1. The van der Waals surface area contributed by atoms with Crippen molar-refractivity contribution in [1.29, 1.82) is 0 Å². The highest BCUT2D eigenvalue weighted by Gasteiger charge is 2.33. The van der Waals surface area contributed by atoms with Crippen molar-refractivity contribution >= 4 is 5.91 Å². The second-order valence-electron chi connectivity index (χ2n) is 3.35. The van der Waals surface area contributed by atoms with Crippen LogP contribution >= 0.6 is 0 Å². The Balaban J connectivity index is 1.86. The fraction of sp³-hybridized carbons (Fsp3) is 0.778. The minimum Gasteiger partial charge on any atom is -0.342 e. The normalized spacial score (nSPS) is 25.3. The maximum absolute atomic E-state index is 11.5. The first kappa shape index (κ1) is 7.14. The number of nitrogens with zero attached hydrogens (tertiary/aromatic N) is 1. The summed E-state index contributed by atoms with van der Waals surface area (Å²) in [4.78, 5) is 13.5. The van der Waals surface area contributed by atoms with Crippen molar-refractivity contribution < 1.29 is 4.79 Å². The lowest BCUT2D eigenvalue weighted by molar-refractivity contribution is -0.133. The van der Waals surface area contributed by atoms with Gasteiger partial charge in [-0.2, -0.15) is 0 Å². The Morgan fingerprint density at radius 1 is 1.27 bits per heavy atom. The number of carbonyl (C=O) groups excluding carboxylic acids is 1. The van der Waals surface area contributed by atoms with Gasteiger partial charge in [0.15, 0.2) is 0 Å². The number of hydrogen-bond donors (Lipinski definition) is 0. The van der Waals surface area contributed by atoms with Crippen molar-refractivity contribution in [3.8, 4) is 0 Å². The van der Waals surface area contributed by atoms with Gasteiger partial charge in [0.2, 0.25) is 5.91 Å². The van der Waals surface area contributed by atoms with Crippen molar-refractivity contribution in [3.63, 3.8) is 0 Å². The van der Waals surface area contributed by atoms with Crippen LogP contribution < -0.4 is 0 Å². The topological polar surface area (TPSA) is 20.3 Å². The highest BCUT2D eigenvalue weighted by Crippen LogP contribution is 2.31. The van der Waals surface area contributed by atoms with Gasteiger partial charge in [-0.05, 0) is 32.1 Å². The Bertz CT molecular complexity index is 157. The standard InChI is InChI=1S/C9H13NO/c11-9(8-4-5-8)10-6-2-1-3-7-10/h8H,2-7H2. The molecule has 2 radical (unpaired) electrons. The summed E-state index contributed by atoms with van der Waals surface area (Å²) in [5, 5.41) is 0. The van der Waals surface area contributed by atoms with E-state index in [4.69, 9.17) is 0 Å². The van der Waals surface area contributed by atoms with Gasteiger partial charge in [0, 0.05) is 19.0 Å². The number of piperidine rings is 1. The third-order valence-electron chi connectivity index (χ3n) is 2.36. The summed E-state index contributed by atoms with van der Waals surface area (Å²) in [5.74, 6) is 0.791. The van der Waals surface area contributed by atoms with E-state index in [2.05, 4.69) is 6.42 Å². The van der Waals surface area contributed by atoms with E-state index in [0.29, 0.717) is 11.8 Å². The third-order valence-corrected chi connectivity index (χ3v) is 2.36. The molecule has 1 saturated carbocycles. The van der Waals surface area contributed by atoms with Crippen molar-refractivity contribution in [3.05, 3.63) is 6.42 Å². The molecule has 60 valence electrons. The molecule has 1 aliphatic carbocycles. The first-order chi connectivity index (χ1) is 5.38. The largest absolute Gasteiger partial charge is 0.342 e. The summed E-state index contributed by atoms with van der Waals surface area (Å²) in [6.07, 6.45) is 7.43. The smallest absolute Gasteiger partial charge is 0.225 e. The highest BCUT2D eigenvalue weighted by atomic mass is 16.2. The van der Waals surface area contributed by atoms with Gasteiger partial charge >= 0.3 is 0 Å². The molecule has 1 saturated heterocycles. The van der Waals surface area contributed by atoms with Gasteiger partial charge in [0.25, 0.3) is 0 Å². The van der Waals surface area contributed by atoms with E-state index in [1.54, 1.807) is 0 Å². The minimum atomic E-state index is 0.395. The summed E-state index contributed by atoms with van der Waals surface area (Å²) >= 11 is 0. The average Bonchev–Trinajstić information content (AvgIpc) is 2.87. The van der Waals surface area contributed by atoms with Crippen LogP contribution in [0.15, 0.2) is 0 Å². The Hall–Kier alpha value is -0.530. The van der Waals surface area contributed by atoms with Gasteiger partial charge in [0.05, 0.1) is 0 Å². The Labute approximate surface area is 67.6 Å². The van der Waals surface area contributed by atoms with Crippen LogP contribution in [0.1, 0.15) is 25.7 Å². The molecule has 1 aliphatic heterocycles. The lowest BCUT2D eigenvalue weighted by Gasteiger charge is -2.26. The molecule has 2 heteroatoms. The maximum Gasteiger partial charge on any atom is 0.225 e. The number of carbonyl (C=O) groups is 1. The lowest BCUT2D eigenvalue weighted by Crippen LogP contribution is -2.36. The fourth-order valence-corrected chi connectivity index (χ4v) is 1.47. The van der Waals surface area contributed by atoms with E-state index < -0.39 is 0 Å². The quantitative estimate of drug-likeness (QED) is 0.549. The summed E-state index contributed by atoms with van der Waals surface area (Å²) in [6, 6.07) is 0. The second-order valence-corrected chi connectivity index (χ2v) is 3.35. The van der Waals surface area contributed by atoms with E-state index in [1.807, 2.05) is 4.90 Å². The molecule has 0 spiro atoms. The van der Waals surface area contributed by atoms with Crippen LogP contribution in [-0.2, 0) is 4.79 Å². The molecule has 2 fully saturated rings. The molecule has 1 heterocycles. The van der Waals surface area contributed by atoms with E-state index in [0.717, 1.165) is 38.8 Å². The van der Waals surface area contributed by atoms with Crippen LogP contribution in [0.3, 0.4) is 0 Å². The van der Waals surface area contributed by atoms with Crippen molar-refractivity contribution in [2.24, 2.45) is 5.92 Å². The van der Waals surface area contributed by atoms with Crippen LogP contribution in [0.25, 0.3) is 0 Å². The maximum atomic E-state index is 11.5. The molecule has 0 N–H and O–H groups in total. The monoisotopic (exact) mass is 151 g/mol. The minimum absolute atomic E-state index is 0.395. The van der Waals surface area contributed by atoms with Gasteiger partial charge in [-0.3, -0.25) is 4.79 Å². The second kappa shape index (κ2) is 2.84. The van der Waals surface area contributed by atoms with Crippen molar-refractivity contribution in [1.82, 2.24) is 4.90 Å². The van der Waals surface area contributed by atoms with Crippen LogP contribution in [0.5, 0.6) is 0 Å². The number of amides is 1. The Morgan fingerprint density at radius 3 is 2.45 bits per heavy atom. The Kier molecular flexibility index (Phi) is 1.84. The molecule has 0 atom stereocenters. The highest BCUT2D eigenvalue weighted by molar-refractivity contribution is 5.81. The molecule has 2 aliphatic rings. The average molecular weight is 151 g/mol. The van der Waals surface area contributed by atoms with Gasteiger partial charge in [0.1, 0.15) is 0 Å². The Morgan fingerprint density at radius 2 is 1.91 bits per heavy atom. The molecule has 0 bridgehead atoms. The van der Waals surface area contributed by atoms with E-state index in [-0.39, 0.29) is 0 Å². The van der Waals surface area contributed by atoms with Gasteiger partial charge < -0.3 is 4.90 Å². The summed E-state index contributed by atoms with van der Waals surface area (Å²) < 4.78 is 0. The molecular formula is C9H13NO. The fourth-order valence-electron chi connectivity index (χ4n) is 1.47. The number of likely N-dealkylation sites (tertiary alicyclic amines) is 1. The molecule has 2 rings (SSSR count). The zero-order valence-electron chi connectivity index (χ0n) is 6.68. The number of rotatable bonds is 1. The first-order valence-corrected chi connectivity index (χ1v) is 4.37. The van der Waals surface area contributed by atoms with Crippen LogP contribution in [-0.4, -0.2) is 23.9 Å². The molecular weight excluding hydrogens is 138 g/mol. The van der Waals surface area contributed by atoms with E-state index >= 15 is 0 Å². The van der Waals surface area contributed by atoms with Crippen LogP contribution in [0.2, 0.25) is 0 Å². The summed E-state index contributed by atoms with van der Waals surface area (Å²) in [7, 11) is 0. The summed E-state index contributed by atoms with van der Waals surface area (Å²) in [6.45, 7) is 1.82. The first-order valence-electron chi connectivity index (χ1n) is 4.37. The van der Waals surface area contributed by atoms with Crippen molar-refractivity contribution in [2.45, 2.75) is 25.7 Å².